The summed E-state index contributed by atoms with van der Waals surface area (Å²) in [5, 5.41) is 0. The molecule has 1 heterocycles. The van der Waals surface area contributed by atoms with Crippen molar-refractivity contribution in [3.8, 4) is 5.75 Å². The van der Waals surface area contributed by atoms with Crippen molar-refractivity contribution < 1.29 is 18.7 Å². The molecule has 5 nitrogen and oxygen atoms in total. The number of amides is 1. The number of nitrogens with two attached hydrogens (primary N) is 1. The molecule has 0 aliphatic heterocycles. The molecule has 29 heavy (non-hydrogen) atoms. The van der Waals surface area contributed by atoms with Crippen molar-refractivity contribution in [2.75, 3.05) is 6.61 Å². The molecule has 1 amide bonds. The first-order chi connectivity index (χ1) is 13.8. The van der Waals surface area contributed by atoms with E-state index in [0.29, 0.717) is 17.9 Å². The van der Waals surface area contributed by atoms with Crippen molar-refractivity contribution in [3.63, 3.8) is 0 Å². The number of ketones is 1. The Bertz CT molecular complexity index is 1070. The predicted molar refractivity (Wildman–Crippen MR) is 109 cm³/mol. The van der Waals surface area contributed by atoms with E-state index in [2.05, 4.69) is 0 Å². The smallest absolute Gasteiger partial charge is 0.252 e. The van der Waals surface area contributed by atoms with Crippen molar-refractivity contribution in [3.05, 3.63) is 88.0 Å². The molecule has 0 saturated carbocycles. The molecule has 0 spiro atoms. The summed E-state index contributed by atoms with van der Waals surface area (Å²) in [5.74, 6) is -0.787. The number of halogens is 1. The molecule has 0 radical (unpaired) electrons. The molecule has 6 heteroatoms. The van der Waals surface area contributed by atoms with Crippen LogP contribution in [-0.4, -0.2) is 22.9 Å². The highest BCUT2D eigenvalue weighted by Gasteiger charge is 2.18. The average Bonchev–Trinajstić information content (AvgIpc) is 2.96. The van der Waals surface area contributed by atoms with Gasteiger partial charge in [0.2, 0.25) is 5.78 Å². The molecule has 0 fully saturated rings. The van der Waals surface area contributed by atoms with Crippen LogP contribution in [0.25, 0.3) is 0 Å². The highest BCUT2D eigenvalue weighted by atomic mass is 19.1. The molecule has 0 unspecified atom stereocenters. The summed E-state index contributed by atoms with van der Waals surface area (Å²) in [5.41, 5.74) is 9.74. The summed E-state index contributed by atoms with van der Waals surface area (Å²) in [6.45, 7) is 5.98. The van der Waals surface area contributed by atoms with Gasteiger partial charge in [0, 0.05) is 23.5 Å². The first kappa shape index (κ1) is 20.3. The van der Waals surface area contributed by atoms with E-state index in [1.54, 1.807) is 30.3 Å². The lowest BCUT2D eigenvalue weighted by molar-refractivity contribution is 0.0911. The largest absolute Gasteiger partial charge is 0.485 e. The van der Waals surface area contributed by atoms with E-state index in [0.717, 1.165) is 22.5 Å². The maximum atomic E-state index is 13.1. The number of carbonyl (C=O) groups is 2. The van der Waals surface area contributed by atoms with E-state index < -0.39 is 5.91 Å². The summed E-state index contributed by atoms with van der Waals surface area (Å²) in [4.78, 5) is 24.3. The summed E-state index contributed by atoms with van der Waals surface area (Å²) in [6.07, 6.45) is 0. The number of benzene rings is 2. The lowest BCUT2D eigenvalue weighted by atomic mass is 10.1. The Morgan fingerprint density at radius 2 is 1.69 bits per heavy atom. The Morgan fingerprint density at radius 1 is 1.00 bits per heavy atom. The van der Waals surface area contributed by atoms with Gasteiger partial charge in [0.05, 0.1) is 5.56 Å². The second-order valence-corrected chi connectivity index (χ2v) is 7.07. The normalized spacial score (nSPS) is 10.8. The van der Waals surface area contributed by atoms with Crippen molar-refractivity contribution in [2.45, 2.75) is 27.3 Å². The van der Waals surface area contributed by atoms with Crippen molar-refractivity contribution in [1.82, 2.24) is 4.57 Å². The maximum Gasteiger partial charge on any atom is 0.252 e. The van der Waals surface area contributed by atoms with E-state index in [9.17, 15) is 14.0 Å². The fraction of sp³-hybridized carbons (Fsp3) is 0.217. The Morgan fingerprint density at radius 3 is 2.34 bits per heavy atom. The summed E-state index contributed by atoms with van der Waals surface area (Å²) in [6, 6.07) is 13.1. The Balaban J connectivity index is 1.78. The van der Waals surface area contributed by atoms with E-state index >= 15 is 0 Å². The molecule has 0 aliphatic carbocycles. The molecule has 0 saturated heterocycles. The maximum absolute atomic E-state index is 13.1. The Hall–Kier alpha value is -3.41. The zero-order valence-electron chi connectivity index (χ0n) is 16.7. The predicted octanol–water partition coefficient (Wildman–Crippen LogP) is 3.96. The highest BCUT2D eigenvalue weighted by Crippen LogP contribution is 2.22. The fourth-order valence-corrected chi connectivity index (χ4v) is 3.27. The quantitative estimate of drug-likeness (QED) is 0.617. The van der Waals surface area contributed by atoms with Gasteiger partial charge in [-0.1, -0.05) is 18.2 Å². The van der Waals surface area contributed by atoms with Gasteiger partial charge in [0.15, 0.2) is 6.61 Å². The van der Waals surface area contributed by atoms with Crippen LogP contribution in [0, 0.1) is 26.6 Å². The lowest BCUT2D eigenvalue weighted by Gasteiger charge is -2.11. The molecule has 2 N–H and O–H groups in total. The van der Waals surface area contributed by atoms with Crippen molar-refractivity contribution in [1.29, 1.82) is 0 Å². The van der Waals surface area contributed by atoms with Gasteiger partial charge in [-0.3, -0.25) is 9.59 Å². The third kappa shape index (κ3) is 4.54. The molecule has 1 aromatic heterocycles. The van der Waals surface area contributed by atoms with E-state index in [1.165, 1.54) is 12.1 Å². The standard InChI is InChI=1S/C23H23FN2O3/c1-14-4-9-19(23(25)28)22(10-14)29-13-21(27)20-11-15(2)26(16(20)3)12-17-5-7-18(24)8-6-17/h4-11H,12-13H2,1-3H3,(H2,25,28). The van der Waals surface area contributed by atoms with Crippen LogP contribution < -0.4 is 10.5 Å². The van der Waals surface area contributed by atoms with Gasteiger partial charge in [-0.2, -0.15) is 0 Å². The lowest BCUT2D eigenvalue weighted by Crippen LogP contribution is -2.17. The van der Waals surface area contributed by atoms with Crippen LogP contribution in [0.4, 0.5) is 4.39 Å². The summed E-state index contributed by atoms with van der Waals surface area (Å²) < 4.78 is 20.8. The number of ether oxygens (including phenoxy) is 1. The molecule has 0 aliphatic rings. The third-order valence-electron chi connectivity index (χ3n) is 4.89. The molecule has 3 aromatic rings. The minimum absolute atomic E-state index is 0.194. The molecular formula is C23H23FN2O3. The fourth-order valence-electron chi connectivity index (χ4n) is 3.27. The van der Waals surface area contributed by atoms with Gasteiger partial charge < -0.3 is 15.0 Å². The monoisotopic (exact) mass is 394 g/mol. The van der Waals surface area contributed by atoms with Crippen LogP contribution >= 0.6 is 0 Å². The molecule has 150 valence electrons. The Kier molecular flexibility index (Phi) is 5.82. The third-order valence-corrected chi connectivity index (χ3v) is 4.89. The van der Waals surface area contributed by atoms with Gasteiger partial charge in [-0.25, -0.2) is 4.39 Å². The topological polar surface area (TPSA) is 74.3 Å². The van der Waals surface area contributed by atoms with Crippen LogP contribution in [-0.2, 0) is 6.54 Å². The van der Waals surface area contributed by atoms with Crippen LogP contribution in [0.2, 0.25) is 0 Å². The number of aromatic nitrogens is 1. The van der Waals surface area contributed by atoms with Crippen LogP contribution in [0.1, 0.15) is 43.2 Å². The molecule has 3 rings (SSSR count). The van der Waals surface area contributed by atoms with Crippen LogP contribution in [0.5, 0.6) is 5.75 Å². The second-order valence-electron chi connectivity index (χ2n) is 7.07. The molecule has 2 aromatic carbocycles. The van der Waals surface area contributed by atoms with Crippen molar-refractivity contribution >= 4 is 11.7 Å². The van der Waals surface area contributed by atoms with E-state index in [4.69, 9.17) is 10.5 Å². The summed E-state index contributed by atoms with van der Waals surface area (Å²) >= 11 is 0. The number of hydrogen-bond donors (Lipinski definition) is 1. The minimum Gasteiger partial charge on any atom is -0.485 e. The first-order valence-electron chi connectivity index (χ1n) is 9.24. The van der Waals surface area contributed by atoms with Crippen molar-refractivity contribution in [2.24, 2.45) is 5.73 Å². The number of rotatable bonds is 7. The zero-order valence-corrected chi connectivity index (χ0v) is 16.7. The number of Topliss-reactive ketones (excluding diaryl/α,β-unsaturated/α-hetero) is 1. The Labute approximate surface area is 168 Å². The first-order valence-corrected chi connectivity index (χ1v) is 9.24. The van der Waals surface area contributed by atoms with Gasteiger partial charge in [-0.15, -0.1) is 0 Å². The molecular weight excluding hydrogens is 371 g/mol. The second kappa shape index (κ2) is 8.31. The van der Waals surface area contributed by atoms with E-state index in [1.807, 2.05) is 31.4 Å². The number of aryl methyl sites for hydroxylation is 2. The van der Waals surface area contributed by atoms with Crippen LogP contribution in [0.15, 0.2) is 48.5 Å². The average molecular weight is 394 g/mol. The van der Waals surface area contributed by atoms with Gasteiger partial charge in [0.1, 0.15) is 11.6 Å². The number of nitrogens with zero attached hydrogens (tertiary/aromatic N) is 1. The number of carbonyl (C=O) groups excluding carboxylic acids is 2. The van der Waals surface area contributed by atoms with Gasteiger partial charge in [0.25, 0.3) is 5.91 Å². The minimum atomic E-state index is -0.607. The number of hydrogen-bond acceptors (Lipinski definition) is 3. The van der Waals surface area contributed by atoms with E-state index in [-0.39, 0.29) is 23.8 Å². The highest BCUT2D eigenvalue weighted by molar-refractivity contribution is 5.99. The van der Waals surface area contributed by atoms with Gasteiger partial charge >= 0.3 is 0 Å². The SMILES string of the molecule is Cc1ccc(C(N)=O)c(OCC(=O)c2cc(C)n(Cc3ccc(F)cc3)c2C)c1. The molecule has 0 atom stereocenters. The van der Waals surface area contributed by atoms with Crippen LogP contribution in [0.3, 0.4) is 0 Å². The number of primary amides is 1. The van der Waals surface area contributed by atoms with Gasteiger partial charge in [-0.05, 0) is 62.2 Å². The zero-order chi connectivity index (χ0) is 21.1. The molecule has 0 bridgehead atoms. The summed E-state index contributed by atoms with van der Waals surface area (Å²) in [7, 11) is 0.